The summed E-state index contributed by atoms with van der Waals surface area (Å²) in [5.41, 5.74) is 0.691. The number of nitrogens with zero attached hydrogens (tertiary/aromatic N) is 1. The average molecular weight is 410 g/mol. The molecule has 0 aliphatic carbocycles. The van der Waals surface area contributed by atoms with Crippen molar-refractivity contribution >= 4 is 23.4 Å². The molecule has 0 fully saturated rings. The summed E-state index contributed by atoms with van der Waals surface area (Å²) in [6.45, 7) is -0.0625. The van der Waals surface area contributed by atoms with E-state index in [0.29, 0.717) is 28.8 Å². The minimum atomic E-state index is -1.37. The number of fused-ring (bicyclic) bond motifs is 1. The second kappa shape index (κ2) is 7.47. The van der Waals surface area contributed by atoms with Crippen molar-refractivity contribution in [1.29, 1.82) is 0 Å². The van der Waals surface area contributed by atoms with Gasteiger partial charge in [0.05, 0.1) is 23.4 Å². The molecule has 4 rings (SSSR count). The first-order valence-electron chi connectivity index (χ1n) is 8.85. The average Bonchev–Trinajstić information content (AvgIpc) is 2.97. The highest BCUT2D eigenvalue weighted by molar-refractivity contribution is 6.21. The zero-order valence-electron chi connectivity index (χ0n) is 15.3. The van der Waals surface area contributed by atoms with E-state index >= 15 is 0 Å². The van der Waals surface area contributed by atoms with Gasteiger partial charge >= 0.3 is 0 Å². The van der Waals surface area contributed by atoms with Gasteiger partial charge in [-0.2, -0.15) is 0 Å². The van der Waals surface area contributed by atoms with Gasteiger partial charge in [-0.15, -0.1) is 0 Å². The van der Waals surface area contributed by atoms with Crippen LogP contribution >= 0.6 is 0 Å². The Morgan fingerprint density at radius 1 is 0.800 bits per heavy atom. The van der Waals surface area contributed by atoms with E-state index in [2.05, 4.69) is 5.32 Å². The van der Waals surface area contributed by atoms with E-state index in [4.69, 9.17) is 0 Å². The van der Waals surface area contributed by atoms with Crippen LogP contribution in [0.2, 0.25) is 0 Å². The van der Waals surface area contributed by atoms with Crippen LogP contribution in [0.3, 0.4) is 0 Å². The molecule has 0 saturated heterocycles. The first-order valence-corrected chi connectivity index (χ1v) is 8.85. The molecule has 0 aromatic heterocycles. The fraction of sp³-hybridized carbons (Fsp3) is 0.0455. The van der Waals surface area contributed by atoms with Gasteiger partial charge in [-0.3, -0.25) is 19.3 Å². The lowest BCUT2D eigenvalue weighted by atomic mass is 10.1. The molecule has 1 aliphatic rings. The summed E-state index contributed by atoms with van der Waals surface area (Å²) in [5, 5.41) is 2.18. The predicted molar refractivity (Wildman–Crippen MR) is 101 cm³/mol. The maximum Gasteiger partial charge on any atom is 0.261 e. The molecule has 0 atom stereocenters. The first-order chi connectivity index (χ1) is 14.3. The SMILES string of the molecule is O=C(Nc1cc(F)c(F)cc1F)c1cccc(CN2C(=O)c3ccccc3C2=O)c1. The van der Waals surface area contributed by atoms with Crippen molar-refractivity contribution in [2.24, 2.45) is 0 Å². The Balaban J connectivity index is 1.54. The number of carbonyl (C=O) groups excluding carboxylic acids is 3. The van der Waals surface area contributed by atoms with Crippen LogP contribution < -0.4 is 5.32 Å². The highest BCUT2D eigenvalue weighted by Gasteiger charge is 2.35. The lowest BCUT2D eigenvalue weighted by Crippen LogP contribution is -2.29. The Labute approximate surface area is 168 Å². The molecule has 5 nitrogen and oxygen atoms in total. The summed E-state index contributed by atoms with van der Waals surface area (Å²) in [4.78, 5) is 38.5. The summed E-state index contributed by atoms with van der Waals surface area (Å²) < 4.78 is 40.1. The molecule has 1 aliphatic heterocycles. The number of hydrogen-bond donors (Lipinski definition) is 1. The molecule has 3 aromatic rings. The molecule has 0 unspecified atom stereocenters. The molecule has 3 amide bonds. The Morgan fingerprint density at radius 2 is 1.43 bits per heavy atom. The minimum absolute atomic E-state index is 0.0625. The molecule has 3 aromatic carbocycles. The molecule has 1 heterocycles. The van der Waals surface area contributed by atoms with E-state index in [1.165, 1.54) is 18.2 Å². The van der Waals surface area contributed by atoms with Crippen LogP contribution in [-0.4, -0.2) is 22.6 Å². The number of hydrogen-bond acceptors (Lipinski definition) is 3. The number of nitrogens with one attached hydrogen (secondary N) is 1. The highest BCUT2D eigenvalue weighted by Crippen LogP contribution is 2.25. The van der Waals surface area contributed by atoms with Crippen LogP contribution in [0.15, 0.2) is 60.7 Å². The van der Waals surface area contributed by atoms with Crippen molar-refractivity contribution in [3.63, 3.8) is 0 Å². The molecular formula is C22H13F3N2O3. The zero-order chi connectivity index (χ0) is 21.4. The third kappa shape index (κ3) is 3.43. The summed E-state index contributed by atoms with van der Waals surface area (Å²) in [6, 6.07) is 13.4. The number of benzene rings is 3. The van der Waals surface area contributed by atoms with Crippen LogP contribution in [0, 0.1) is 17.5 Å². The molecule has 8 heteroatoms. The summed E-state index contributed by atoms with van der Waals surface area (Å²) >= 11 is 0. The number of amides is 3. The van der Waals surface area contributed by atoms with Gasteiger partial charge in [0.2, 0.25) is 0 Å². The Kier molecular flexibility index (Phi) is 4.83. The maximum absolute atomic E-state index is 13.8. The second-order valence-electron chi connectivity index (χ2n) is 6.64. The third-order valence-corrected chi connectivity index (χ3v) is 4.67. The fourth-order valence-corrected chi connectivity index (χ4v) is 3.19. The zero-order valence-corrected chi connectivity index (χ0v) is 15.3. The number of rotatable bonds is 4. The van der Waals surface area contributed by atoms with E-state index in [-0.39, 0.29) is 12.1 Å². The lowest BCUT2D eigenvalue weighted by molar-refractivity contribution is 0.0642. The molecule has 0 saturated carbocycles. The van der Waals surface area contributed by atoms with Crippen LogP contribution in [0.4, 0.5) is 18.9 Å². The van der Waals surface area contributed by atoms with Gasteiger partial charge in [-0.1, -0.05) is 24.3 Å². The van der Waals surface area contributed by atoms with Gasteiger partial charge in [0.1, 0.15) is 5.82 Å². The van der Waals surface area contributed by atoms with Crippen LogP contribution in [-0.2, 0) is 6.54 Å². The first kappa shape index (κ1) is 19.4. The number of halogens is 3. The Bertz CT molecular complexity index is 1170. The maximum atomic E-state index is 13.8. The predicted octanol–water partition coefficient (Wildman–Crippen LogP) is 4.15. The Hall–Kier alpha value is -3.94. The molecule has 0 bridgehead atoms. The molecule has 30 heavy (non-hydrogen) atoms. The van der Waals surface area contributed by atoms with Crippen LogP contribution in [0.5, 0.6) is 0 Å². The smallest absolute Gasteiger partial charge is 0.261 e. The van der Waals surface area contributed by atoms with Gasteiger partial charge in [0, 0.05) is 17.7 Å². The largest absolute Gasteiger partial charge is 0.319 e. The second-order valence-corrected chi connectivity index (χ2v) is 6.64. The quantitative estimate of drug-likeness (QED) is 0.519. The molecular weight excluding hydrogens is 397 g/mol. The van der Waals surface area contributed by atoms with Crippen molar-refractivity contribution < 1.29 is 27.6 Å². The monoisotopic (exact) mass is 410 g/mol. The standard InChI is InChI=1S/C22H13F3N2O3/c23-16-9-18(25)19(10-17(16)24)26-20(28)13-5-3-4-12(8-13)11-27-21(29)14-6-1-2-7-15(14)22(27)30/h1-10H,11H2,(H,26,28). The van der Waals surface area contributed by atoms with Crippen molar-refractivity contribution in [2.45, 2.75) is 6.54 Å². The lowest BCUT2D eigenvalue weighted by Gasteiger charge is -2.14. The van der Waals surface area contributed by atoms with E-state index < -0.39 is 40.9 Å². The number of anilines is 1. The fourth-order valence-electron chi connectivity index (χ4n) is 3.19. The van der Waals surface area contributed by atoms with E-state index in [0.717, 1.165) is 4.90 Å². The minimum Gasteiger partial charge on any atom is -0.319 e. The summed E-state index contributed by atoms with van der Waals surface area (Å²) in [7, 11) is 0. The van der Waals surface area contributed by atoms with Crippen molar-refractivity contribution in [3.05, 3.63) is 100 Å². The number of imide groups is 1. The van der Waals surface area contributed by atoms with Gasteiger partial charge in [-0.05, 0) is 29.8 Å². The van der Waals surface area contributed by atoms with Crippen molar-refractivity contribution in [2.75, 3.05) is 5.32 Å². The van der Waals surface area contributed by atoms with Gasteiger partial charge in [-0.25, -0.2) is 13.2 Å². The molecule has 150 valence electrons. The van der Waals surface area contributed by atoms with Gasteiger partial charge in [0.15, 0.2) is 11.6 Å². The third-order valence-electron chi connectivity index (χ3n) is 4.67. The molecule has 0 radical (unpaired) electrons. The molecule has 1 N–H and O–H groups in total. The summed E-state index contributed by atoms with van der Waals surface area (Å²) in [5.74, 6) is -5.42. The van der Waals surface area contributed by atoms with E-state index in [1.807, 2.05) is 0 Å². The van der Waals surface area contributed by atoms with Gasteiger partial charge in [0.25, 0.3) is 17.7 Å². The van der Waals surface area contributed by atoms with Crippen molar-refractivity contribution in [1.82, 2.24) is 4.90 Å². The van der Waals surface area contributed by atoms with E-state index in [9.17, 15) is 27.6 Å². The van der Waals surface area contributed by atoms with Gasteiger partial charge < -0.3 is 5.32 Å². The van der Waals surface area contributed by atoms with Crippen molar-refractivity contribution in [3.8, 4) is 0 Å². The summed E-state index contributed by atoms with van der Waals surface area (Å²) in [6.07, 6.45) is 0. The normalized spacial score (nSPS) is 12.8. The van der Waals surface area contributed by atoms with Crippen LogP contribution in [0.1, 0.15) is 36.6 Å². The topological polar surface area (TPSA) is 66.5 Å². The van der Waals surface area contributed by atoms with E-state index in [1.54, 1.807) is 30.3 Å². The number of carbonyl (C=O) groups is 3. The van der Waals surface area contributed by atoms with Crippen LogP contribution in [0.25, 0.3) is 0 Å². The Morgan fingerprint density at radius 3 is 2.10 bits per heavy atom. The highest BCUT2D eigenvalue weighted by atomic mass is 19.2. The molecule has 0 spiro atoms.